The Morgan fingerprint density at radius 2 is 1.45 bits per heavy atom. The third-order valence-corrected chi connectivity index (χ3v) is 9.31. The standard InChI is InChI=1S/C19H29N/c1-10-8-19(20(2)9-10)12-6-14-13-3-11-4-16(14)18(19)17(5-11)15(13)7-12/h10-18H,3-9H2,1-2H3. The molecule has 1 heteroatoms. The van der Waals surface area contributed by atoms with E-state index in [1.54, 1.807) is 38.5 Å². The van der Waals surface area contributed by atoms with Crippen molar-refractivity contribution in [1.29, 1.82) is 0 Å². The van der Waals surface area contributed by atoms with Gasteiger partial charge in [-0.15, -0.1) is 0 Å². The van der Waals surface area contributed by atoms with Crippen LogP contribution in [0.5, 0.6) is 0 Å². The van der Waals surface area contributed by atoms with Crippen molar-refractivity contribution >= 4 is 0 Å². The van der Waals surface area contributed by atoms with Crippen LogP contribution in [0.4, 0.5) is 0 Å². The molecule has 6 atom stereocenters. The first-order valence-corrected chi connectivity index (χ1v) is 9.39. The van der Waals surface area contributed by atoms with Gasteiger partial charge in [-0.2, -0.15) is 0 Å². The van der Waals surface area contributed by atoms with Gasteiger partial charge in [-0.3, -0.25) is 4.90 Å². The minimum absolute atomic E-state index is 0.662. The number of hydrogen-bond donors (Lipinski definition) is 0. The molecule has 1 spiro atoms. The van der Waals surface area contributed by atoms with Crippen LogP contribution < -0.4 is 0 Å². The summed E-state index contributed by atoms with van der Waals surface area (Å²) in [7, 11) is 2.49. The highest BCUT2D eigenvalue weighted by molar-refractivity contribution is 5.23. The lowest BCUT2D eigenvalue weighted by molar-refractivity contribution is -0.260. The molecule has 6 unspecified atom stereocenters. The maximum Gasteiger partial charge on any atom is 0.0271 e. The summed E-state index contributed by atoms with van der Waals surface area (Å²) in [6.45, 7) is 3.90. The summed E-state index contributed by atoms with van der Waals surface area (Å²) < 4.78 is 0. The second kappa shape index (κ2) is 3.31. The third-order valence-electron chi connectivity index (χ3n) is 9.31. The van der Waals surface area contributed by atoms with E-state index in [4.69, 9.17) is 0 Å². The van der Waals surface area contributed by atoms with Crippen LogP contribution in [0.1, 0.15) is 45.4 Å². The van der Waals surface area contributed by atoms with E-state index in [1.807, 2.05) is 0 Å². The molecule has 1 aliphatic heterocycles. The van der Waals surface area contributed by atoms with Gasteiger partial charge in [0.2, 0.25) is 0 Å². The minimum Gasteiger partial charge on any atom is -0.300 e. The van der Waals surface area contributed by atoms with Crippen molar-refractivity contribution in [2.45, 2.75) is 51.0 Å². The van der Waals surface area contributed by atoms with Gasteiger partial charge in [0, 0.05) is 12.1 Å². The number of hydrogen-bond acceptors (Lipinski definition) is 1. The molecule has 8 fully saturated rings. The predicted molar refractivity (Wildman–Crippen MR) is 80.1 cm³/mol. The van der Waals surface area contributed by atoms with Gasteiger partial charge in [-0.1, -0.05) is 6.92 Å². The van der Waals surface area contributed by atoms with E-state index in [-0.39, 0.29) is 0 Å². The summed E-state index contributed by atoms with van der Waals surface area (Å²) in [5.41, 5.74) is 0.662. The second-order valence-electron chi connectivity index (χ2n) is 9.77. The highest BCUT2D eigenvalue weighted by atomic mass is 15.2. The van der Waals surface area contributed by atoms with Gasteiger partial charge in [-0.05, 0) is 98.8 Å². The Labute approximate surface area is 123 Å². The summed E-state index contributed by atoms with van der Waals surface area (Å²) in [5.74, 6) is 10.1. The topological polar surface area (TPSA) is 3.24 Å². The lowest BCUT2D eigenvalue weighted by atomic mass is 9.31. The van der Waals surface area contributed by atoms with Crippen LogP contribution in [-0.2, 0) is 0 Å². The van der Waals surface area contributed by atoms with E-state index in [1.165, 1.54) is 24.3 Å². The van der Waals surface area contributed by atoms with Crippen LogP contribution in [0.25, 0.3) is 0 Å². The van der Waals surface area contributed by atoms with Crippen LogP contribution in [0, 0.1) is 53.3 Å². The molecule has 1 heterocycles. The van der Waals surface area contributed by atoms with E-state index in [0.29, 0.717) is 5.54 Å². The minimum atomic E-state index is 0.662. The normalized spacial score (nSPS) is 69.6. The van der Waals surface area contributed by atoms with Crippen molar-refractivity contribution in [1.82, 2.24) is 4.90 Å². The average Bonchev–Trinajstić information content (AvgIpc) is 2.72. The van der Waals surface area contributed by atoms with Gasteiger partial charge >= 0.3 is 0 Å². The fourth-order valence-corrected chi connectivity index (χ4v) is 9.40. The Morgan fingerprint density at radius 3 is 2.05 bits per heavy atom. The first-order chi connectivity index (χ1) is 9.68. The molecule has 0 aromatic carbocycles. The van der Waals surface area contributed by atoms with Crippen molar-refractivity contribution in [2.75, 3.05) is 13.6 Å². The van der Waals surface area contributed by atoms with E-state index in [9.17, 15) is 0 Å². The maximum atomic E-state index is 2.88. The lowest BCUT2D eigenvalue weighted by Crippen LogP contribution is -2.74. The first-order valence-electron chi connectivity index (χ1n) is 9.39. The van der Waals surface area contributed by atoms with Crippen molar-refractivity contribution in [2.24, 2.45) is 53.3 Å². The smallest absolute Gasteiger partial charge is 0.0271 e. The van der Waals surface area contributed by atoms with Gasteiger partial charge in [0.1, 0.15) is 0 Å². The molecule has 1 nitrogen and oxygen atoms in total. The molecular weight excluding hydrogens is 242 g/mol. The molecule has 8 aliphatic rings. The Hall–Kier alpha value is -0.0400. The van der Waals surface area contributed by atoms with Crippen LogP contribution in [0.2, 0.25) is 0 Å². The molecule has 1 saturated heterocycles. The van der Waals surface area contributed by atoms with Crippen LogP contribution in [0.15, 0.2) is 0 Å². The van der Waals surface area contributed by atoms with Crippen molar-refractivity contribution in [3.63, 3.8) is 0 Å². The molecule has 0 aromatic heterocycles. The van der Waals surface area contributed by atoms with E-state index >= 15 is 0 Å². The summed E-state index contributed by atoms with van der Waals surface area (Å²) in [4.78, 5) is 2.88. The second-order valence-corrected chi connectivity index (χ2v) is 9.77. The summed E-state index contributed by atoms with van der Waals surface area (Å²) in [6.07, 6.45) is 9.69. The molecule has 0 N–H and O–H groups in total. The third kappa shape index (κ3) is 1.03. The molecule has 8 bridgehead atoms. The number of nitrogens with zero attached hydrogens (tertiary/aromatic N) is 1. The van der Waals surface area contributed by atoms with Gasteiger partial charge in [0.15, 0.2) is 0 Å². The summed E-state index contributed by atoms with van der Waals surface area (Å²) in [6, 6.07) is 0. The van der Waals surface area contributed by atoms with E-state index in [0.717, 1.165) is 35.5 Å². The van der Waals surface area contributed by atoms with Gasteiger partial charge < -0.3 is 0 Å². The molecule has 0 aromatic rings. The fraction of sp³-hybridized carbons (Fsp3) is 1.00. The zero-order chi connectivity index (χ0) is 13.2. The Morgan fingerprint density at radius 1 is 0.850 bits per heavy atom. The monoisotopic (exact) mass is 271 g/mol. The Bertz CT molecular complexity index is 448. The molecule has 8 rings (SSSR count). The zero-order valence-electron chi connectivity index (χ0n) is 13.1. The van der Waals surface area contributed by atoms with Crippen molar-refractivity contribution < 1.29 is 0 Å². The fourth-order valence-electron chi connectivity index (χ4n) is 9.40. The molecule has 7 aliphatic carbocycles. The lowest BCUT2D eigenvalue weighted by Gasteiger charge is -2.75. The van der Waals surface area contributed by atoms with Crippen molar-refractivity contribution in [3.05, 3.63) is 0 Å². The highest BCUT2D eigenvalue weighted by Gasteiger charge is 2.72. The first kappa shape index (κ1) is 11.5. The summed E-state index contributed by atoms with van der Waals surface area (Å²) in [5, 5.41) is 0. The largest absolute Gasteiger partial charge is 0.300 e. The summed E-state index contributed by atoms with van der Waals surface area (Å²) >= 11 is 0. The molecule has 20 heavy (non-hydrogen) atoms. The average molecular weight is 271 g/mol. The predicted octanol–water partition coefficient (Wildman–Crippen LogP) is 3.64. The van der Waals surface area contributed by atoms with E-state index in [2.05, 4.69) is 18.9 Å². The van der Waals surface area contributed by atoms with Crippen LogP contribution in [-0.4, -0.2) is 24.0 Å². The van der Waals surface area contributed by atoms with Gasteiger partial charge in [0.05, 0.1) is 0 Å². The molecule has 110 valence electrons. The Kier molecular flexibility index (Phi) is 1.91. The molecular formula is C19H29N. The Balaban J connectivity index is 1.53. The zero-order valence-corrected chi connectivity index (χ0v) is 13.1. The molecule has 0 amide bonds. The highest BCUT2D eigenvalue weighted by Crippen LogP contribution is 2.75. The van der Waals surface area contributed by atoms with Crippen LogP contribution in [0.3, 0.4) is 0 Å². The number of likely N-dealkylation sites (tertiary alicyclic amines) is 1. The van der Waals surface area contributed by atoms with E-state index < -0.39 is 0 Å². The maximum absolute atomic E-state index is 2.88. The molecule has 7 saturated carbocycles. The number of rotatable bonds is 0. The van der Waals surface area contributed by atoms with Gasteiger partial charge in [0.25, 0.3) is 0 Å². The van der Waals surface area contributed by atoms with Crippen LogP contribution >= 0.6 is 0 Å². The van der Waals surface area contributed by atoms with Gasteiger partial charge in [-0.25, -0.2) is 0 Å². The van der Waals surface area contributed by atoms with Crippen molar-refractivity contribution in [3.8, 4) is 0 Å². The quantitative estimate of drug-likeness (QED) is 0.650. The molecule has 0 radical (unpaired) electrons. The SMILES string of the molecule is CC1CN(C)C2(C1)C1CC3C4CC5CC3C2C(C5)C4C1.